The second-order valence-electron chi connectivity index (χ2n) is 7.16. The Bertz CT molecular complexity index is 785. The summed E-state index contributed by atoms with van der Waals surface area (Å²) in [5, 5.41) is 19.9. The quantitative estimate of drug-likeness (QED) is 0.779. The Kier molecular flexibility index (Phi) is 4.74. The zero-order valence-electron chi connectivity index (χ0n) is 14.5. The number of benzene rings is 1. The Morgan fingerprint density at radius 3 is 2.81 bits per heavy atom. The van der Waals surface area contributed by atoms with E-state index >= 15 is 0 Å². The number of carbonyl (C=O) groups is 1. The molecular formula is C19H23FN4O2. The van der Waals surface area contributed by atoms with E-state index in [9.17, 15) is 14.3 Å². The van der Waals surface area contributed by atoms with Gasteiger partial charge in [-0.2, -0.15) is 5.10 Å². The first-order valence-corrected chi connectivity index (χ1v) is 9.11. The summed E-state index contributed by atoms with van der Waals surface area (Å²) in [4.78, 5) is 14.4. The van der Waals surface area contributed by atoms with E-state index < -0.39 is 6.10 Å². The van der Waals surface area contributed by atoms with Crippen molar-refractivity contribution in [1.29, 1.82) is 0 Å². The molecule has 7 heteroatoms. The van der Waals surface area contributed by atoms with Crippen molar-refractivity contribution in [2.24, 2.45) is 0 Å². The fourth-order valence-electron chi connectivity index (χ4n) is 4.01. The number of aromatic amines is 1. The van der Waals surface area contributed by atoms with Crippen molar-refractivity contribution in [2.75, 3.05) is 19.6 Å². The van der Waals surface area contributed by atoms with Crippen LogP contribution < -0.4 is 5.32 Å². The first-order chi connectivity index (χ1) is 12.6. The van der Waals surface area contributed by atoms with Crippen molar-refractivity contribution >= 4 is 5.91 Å². The Morgan fingerprint density at radius 1 is 1.31 bits per heavy atom. The van der Waals surface area contributed by atoms with Crippen LogP contribution in [0.2, 0.25) is 0 Å². The summed E-state index contributed by atoms with van der Waals surface area (Å²) in [6.07, 6.45) is 3.48. The number of aliphatic hydroxyl groups excluding tert-OH is 1. The zero-order chi connectivity index (χ0) is 18.1. The third kappa shape index (κ3) is 3.37. The van der Waals surface area contributed by atoms with Gasteiger partial charge in [-0.05, 0) is 37.0 Å². The van der Waals surface area contributed by atoms with Crippen LogP contribution in [0.4, 0.5) is 4.39 Å². The standard InChI is InChI=1S/C19H23FN4O2/c20-14-3-1-2-13(8-14)16-11-22-23-18(16)12-4-6-24(7-5-12)19(26)17-9-15(25)10-21-17/h1-3,8,11-12,15,17,21,25H,4-7,9-10H2,(H,22,23)/t15-,17+/m1/s1. The van der Waals surface area contributed by atoms with Gasteiger partial charge in [0.2, 0.25) is 5.91 Å². The van der Waals surface area contributed by atoms with E-state index in [1.807, 2.05) is 11.0 Å². The third-order valence-corrected chi connectivity index (χ3v) is 5.43. The van der Waals surface area contributed by atoms with E-state index in [1.54, 1.807) is 12.3 Å². The van der Waals surface area contributed by atoms with Gasteiger partial charge in [-0.3, -0.25) is 9.89 Å². The van der Waals surface area contributed by atoms with Crippen molar-refractivity contribution in [3.63, 3.8) is 0 Å². The van der Waals surface area contributed by atoms with Crippen LogP contribution >= 0.6 is 0 Å². The number of carbonyl (C=O) groups excluding carboxylic acids is 1. The topological polar surface area (TPSA) is 81.2 Å². The molecule has 2 aromatic rings. The number of rotatable bonds is 3. The minimum Gasteiger partial charge on any atom is -0.392 e. The first-order valence-electron chi connectivity index (χ1n) is 9.11. The fraction of sp³-hybridized carbons (Fsp3) is 0.474. The summed E-state index contributed by atoms with van der Waals surface area (Å²) in [5.41, 5.74) is 2.75. The maximum absolute atomic E-state index is 13.6. The lowest BCUT2D eigenvalue weighted by molar-refractivity contribution is -0.134. The molecular weight excluding hydrogens is 335 g/mol. The van der Waals surface area contributed by atoms with Gasteiger partial charge in [0.05, 0.1) is 18.3 Å². The molecule has 138 valence electrons. The molecule has 2 aliphatic heterocycles. The molecule has 2 aliphatic rings. The van der Waals surface area contributed by atoms with Crippen molar-refractivity contribution in [3.05, 3.63) is 42.0 Å². The summed E-state index contributed by atoms with van der Waals surface area (Å²) in [5.74, 6) is 0.0817. The minimum absolute atomic E-state index is 0.0787. The molecule has 3 heterocycles. The molecule has 3 N–H and O–H groups in total. The van der Waals surface area contributed by atoms with Gasteiger partial charge in [0.25, 0.3) is 0 Å². The number of hydrogen-bond donors (Lipinski definition) is 3. The summed E-state index contributed by atoms with van der Waals surface area (Å²) in [6.45, 7) is 1.84. The van der Waals surface area contributed by atoms with E-state index in [2.05, 4.69) is 15.5 Å². The lowest BCUT2D eigenvalue weighted by Gasteiger charge is -2.33. The molecule has 2 saturated heterocycles. The summed E-state index contributed by atoms with van der Waals surface area (Å²) >= 11 is 0. The van der Waals surface area contributed by atoms with Crippen LogP contribution in [0.5, 0.6) is 0 Å². The van der Waals surface area contributed by atoms with Gasteiger partial charge in [-0.25, -0.2) is 4.39 Å². The largest absolute Gasteiger partial charge is 0.392 e. The summed E-state index contributed by atoms with van der Waals surface area (Å²) in [6, 6.07) is 6.27. The average molecular weight is 358 g/mol. The molecule has 2 fully saturated rings. The monoisotopic (exact) mass is 358 g/mol. The molecule has 1 aromatic heterocycles. The molecule has 0 saturated carbocycles. The molecule has 0 aliphatic carbocycles. The number of β-amino-alcohol motifs (C(OH)–C–C–N with tert-alkyl or cyclic N) is 1. The number of halogens is 1. The van der Waals surface area contributed by atoms with Gasteiger partial charge in [0.15, 0.2) is 0 Å². The first kappa shape index (κ1) is 17.2. The van der Waals surface area contributed by atoms with Crippen molar-refractivity contribution < 1.29 is 14.3 Å². The number of aromatic nitrogens is 2. The van der Waals surface area contributed by atoms with E-state index in [1.165, 1.54) is 12.1 Å². The Hall–Kier alpha value is -2.25. The summed E-state index contributed by atoms with van der Waals surface area (Å²) < 4.78 is 13.6. The van der Waals surface area contributed by atoms with Gasteiger partial charge in [-0.1, -0.05) is 12.1 Å². The lowest BCUT2D eigenvalue weighted by atomic mass is 9.89. The highest BCUT2D eigenvalue weighted by atomic mass is 19.1. The Morgan fingerprint density at radius 2 is 2.12 bits per heavy atom. The molecule has 26 heavy (non-hydrogen) atoms. The minimum atomic E-state index is -0.430. The van der Waals surface area contributed by atoms with Gasteiger partial charge in [0, 0.05) is 36.8 Å². The fourth-order valence-corrected chi connectivity index (χ4v) is 4.01. The second-order valence-corrected chi connectivity index (χ2v) is 7.16. The van der Waals surface area contributed by atoms with Crippen molar-refractivity contribution in [2.45, 2.75) is 37.3 Å². The molecule has 4 rings (SSSR count). The molecule has 1 amide bonds. The van der Waals surface area contributed by atoms with E-state index in [0.717, 1.165) is 29.7 Å². The van der Waals surface area contributed by atoms with Crippen LogP contribution in [0, 0.1) is 5.82 Å². The van der Waals surface area contributed by atoms with Crippen LogP contribution in [-0.2, 0) is 4.79 Å². The summed E-state index contributed by atoms with van der Waals surface area (Å²) in [7, 11) is 0. The molecule has 0 unspecified atom stereocenters. The molecule has 1 aromatic carbocycles. The molecule has 2 atom stereocenters. The zero-order valence-corrected chi connectivity index (χ0v) is 14.5. The van der Waals surface area contributed by atoms with E-state index in [-0.39, 0.29) is 23.7 Å². The van der Waals surface area contributed by atoms with Crippen molar-refractivity contribution in [3.8, 4) is 11.1 Å². The normalized spacial score (nSPS) is 24.2. The maximum atomic E-state index is 13.6. The lowest BCUT2D eigenvalue weighted by Crippen LogP contribution is -2.46. The van der Waals surface area contributed by atoms with Crippen LogP contribution in [0.1, 0.15) is 30.9 Å². The third-order valence-electron chi connectivity index (χ3n) is 5.43. The number of aliphatic hydroxyl groups is 1. The Labute approximate surface area is 151 Å². The van der Waals surface area contributed by atoms with E-state index in [0.29, 0.717) is 26.1 Å². The number of likely N-dealkylation sites (tertiary alicyclic amines) is 1. The van der Waals surface area contributed by atoms with E-state index in [4.69, 9.17) is 0 Å². The number of amides is 1. The van der Waals surface area contributed by atoms with Gasteiger partial charge in [0.1, 0.15) is 5.82 Å². The van der Waals surface area contributed by atoms with Crippen LogP contribution in [0.15, 0.2) is 30.5 Å². The number of hydrogen-bond acceptors (Lipinski definition) is 4. The smallest absolute Gasteiger partial charge is 0.239 e. The van der Waals surface area contributed by atoms with Gasteiger partial charge >= 0.3 is 0 Å². The SMILES string of the molecule is O=C([C@@H]1C[C@@H](O)CN1)N1CCC(c2[nH]ncc2-c2cccc(F)c2)CC1. The highest BCUT2D eigenvalue weighted by Crippen LogP contribution is 2.34. The highest BCUT2D eigenvalue weighted by Gasteiger charge is 2.34. The van der Waals surface area contributed by atoms with Gasteiger partial charge < -0.3 is 15.3 Å². The number of nitrogens with zero attached hydrogens (tertiary/aromatic N) is 2. The maximum Gasteiger partial charge on any atom is 0.239 e. The number of nitrogens with one attached hydrogen (secondary N) is 2. The predicted octanol–water partition coefficient (Wildman–Crippen LogP) is 1.64. The van der Waals surface area contributed by atoms with Crippen molar-refractivity contribution in [1.82, 2.24) is 20.4 Å². The average Bonchev–Trinajstić information content (AvgIpc) is 3.30. The highest BCUT2D eigenvalue weighted by molar-refractivity contribution is 5.82. The van der Waals surface area contributed by atoms with Crippen LogP contribution in [0.25, 0.3) is 11.1 Å². The van der Waals surface area contributed by atoms with Gasteiger partial charge in [-0.15, -0.1) is 0 Å². The molecule has 0 spiro atoms. The molecule has 6 nitrogen and oxygen atoms in total. The number of piperidine rings is 1. The molecule has 0 radical (unpaired) electrons. The predicted molar refractivity (Wildman–Crippen MR) is 95.0 cm³/mol. The van der Waals surface area contributed by atoms with Crippen LogP contribution in [0.3, 0.4) is 0 Å². The number of H-pyrrole nitrogens is 1. The Balaban J connectivity index is 1.43. The second kappa shape index (κ2) is 7.17. The molecule has 0 bridgehead atoms. The van der Waals surface area contributed by atoms with Crippen LogP contribution in [-0.4, -0.2) is 57.9 Å².